The highest BCUT2D eigenvalue weighted by molar-refractivity contribution is 7.19. The van der Waals surface area contributed by atoms with Gasteiger partial charge >= 0.3 is 0 Å². The molecule has 0 spiro atoms. The van der Waals surface area contributed by atoms with Crippen LogP contribution in [0.5, 0.6) is 0 Å². The van der Waals surface area contributed by atoms with Gasteiger partial charge in [0.05, 0.1) is 0 Å². The first-order chi connectivity index (χ1) is 7.66. The van der Waals surface area contributed by atoms with Crippen LogP contribution < -0.4 is 5.32 Å². The number of nitrogens with one attached hydrogen (secondary N) is 1. The highest BCUT2D eigenvalue weighted by atomic mass is 32.1. The van der Waals surface area contributed by atoms with E-state index in [1.54, 1.807) is 0 Å². The number of rotatable bonds is 3. The molecule has 16 heavy (non-hydrogen) atoms. The maximum absolute atomic E-state index is 12.4. The fourth-order valence-corrected chi connectivity index (χ4v) is 2.39. The van der Waals surface area contributed by atoms with Crippen LogP contribution in [0.15, 0.2) is 29.2 Å². The van der Waals surface area contributed by atoms with Crippen molar-refractivity contribution in [2.75, 3.05) is 5.32 Å². The van der Waals surface area contributed by atoms with Gasteiger partial charge in [0.2, 0.25) is 5.13 Å². The highest BCUT2D eigenvalue weighted by Crippen LogP contribution is 2.27. The van der Waals surface area contributed by atoms with Gasteiger partial charge in [-0.05, 0) is 11.4 Å². The minimum absolute atomic E-state index is 0.255. The Balaban J connectivity index is 2.14. The molecule has 2 heterocycles. The van der Waals surface area contributed by atoms with Crippen molar-refractivity contribution < 1.29 is 9.18 Å². The summed E-state index contributed by atoms with van der Waals surface area (Å²) in [5, 5.41) is 14.6. The lowest BCUT2D eigenvalue weighted by Gasteiger charge is -1.94. The number of nitrogens with zero attached hydrogens (tertiary/aromatic N) is 2. The molecule has 2 aromatic heterocycles. The molecule has 0 unspecified atom stereocenters. The van der Waals surface area contributed by atoms with Crippen LogP contribution in [0, 0.1) is 0 Å². The third kappa shape index (κ3) is 2.31. The molecule has 0 fully saturated rings. The van der Waals surface area contributed by atoms with E-state index in [1.807, 2.05) is 16.8 Å². The van der Waals surface area contributed by atoms with E-state index in [-0.39, 0.29) is 5.13 Å². The van der Waals surface area contributed by atoms with Crippen LogP contribution >= 0.6 is 22.7 Å². The molecule has 1 N–H and O–H groups in total. The van der Waals surface area contributed by atoms with E-state index in [9.17, 15) is 9.18 Å². The number of thiophene rings is 1. The molecule has 0 aliphatic carbocycles. The Morgan fingerprint density at radius 3 is 2.94 bits per heavy atom. The first kappa shape index (κ1) is 10.9. The number of amides is 1. The van der Waals surface area contributed by atoms with Crippen molar-refractivity contribution in [3.05, 3.63) is 29.2 Å². The summed E-state index contributed by atoms with van der Waals surface area (Å²) in [6.45, 7) is 2.89. The van der Waals surface area contributed by atoms with Crippen LogP contribution in [-0.4, -0.2) is 16.1 Å². The molecule has 0 aliphatic rings. The lowest BCUT2D eigenvalue weighted by Crippen LogP contribution is -2.10. The summed E-state index contributed by atoms with van der Waals surface area (Å²) in [6.07, 6.45) is 0. The van der Waals surface area contributed by atoms with Crippen molar-refractivity contribution in [1.82, 2.24) is 10.2 Å². The zero-order valence-corrected chi connectivity index (χ0v) is 9.57. The number of anilines is 1. The Morgan fingerprint density at radius 2 is 2.31 bits per heavy atom. The Morgan fingerprint density at radius 1 is 1.50 bits per heavy atom. The Bertz CT molecular complexity index is 521. The third-order valence-corrected chi connectivity index (χ3v) is 3.23. The van der Waals surface area contributed by atoms with E-state index >= 15 is 0 Å². The van der Waals surface area contributed by atoms with Gasteiger partial charge in [0, 0.05) is 10.9 Å². The van der Waals surface area contributed by atoms with Gasteiger partial charge in [0.25, 0.3) is 5.91 Å². The number of hydrogen-bond donors (Lipinski definition) is 1. The summed E-state index contributed by atoms with van der Waals surface area (Å²) in [5.41, 5.74) is 0.932. The Kier molecular flexibility index (Phi) is 3.07. The molecule has 1 amide bonds. The van der Waals surface area contributed by atoms with Crippen molar-refractivity contribution in [3.63, 3.8) is 0 Å². The molecule has 0 saturated heterocycles. The van der Waals surface area contributed by atoms with E-state index in [0.717, 1.165) is 5.56 Å². The quantitative estimate of drug-likeness (QED) is 0.858. The number of carbonyl (C=O) groups excluding carboxylic acids is 1. The van der Waals surface area contributed by atoms with Gasteiger partial charge in [-0.15, -0.1) is 10.2 Å². The average Bonchev–Trinajstić information content (AvgIpc) is 2.85. The monoisotopic (exact) mass is 255 g/mol. The van der Waals surface area contributed by atoms with Crippen LogP contribution in [-0.2, 0) is 4.79 Å². The number of aromatic nitrogens is 2. The fraction of sp³-hybridized carbons (Fsp3) is 0. The summed E-state index contributed by atoms with van der Waals surface area (Å²) >= 11 is 2.72. The van der Waals surface area contributed by atoms with Crippen LogP contribution in [0.25, 0.3) is 10.6 Å². The minimum Gasteiger partial charge on any atom is -0.294 e. The molecule has 0 bridgehead atoms. The predicted octanol–water partition coefficient (Wildman–Crippen LogP) is 2.69. The maximum atomic E-state index is 12.4. The van der Waals surface area contributed by atoms with E-state index in [1.165, 1.54) is 22.7 Å². The molecule has 2 rings (SSSR count). The lowest BCUT2D eigenvalue weighted by molar-refractivity contribution is -0.114. The molecule has 0 aromatic carbocycles. The summed E-state index contributed by atoms with van der Waals surface area (Å²) < 4.78 is 12.4. The molecule has 0 aliphatic heterocycles. The first-order valence-corrected chi connectivity index (χ1v) is 5.94. The van der Waals surface area contributed by atoms with Crippen molar-refractivity contribution in [2.24, 2.45) is 0 Å². The molecule has 0 radical (unpaired) electrons. The zero-order chi connectivity index (χ0) is 11.5. The van der Waals surface area contributed by atoms with E-state index in [2.05, 4.69) is 22.1 Å². The molecular weight excluding hydrogens is 249 g/mol. The largest absolute Gasteiger partial charge is 0.294 e. The summed E-state index contributed by atoms with van der Waals surface area (Å²) in [5.74, 6) is -1.94. The highest BCUT2D eigenvalue weighted by Gasteiger charge is 2.11. The van der Waals surface area contributed by atoms with Crippen LogP contribution in [0.1, 0.15) is 0 Å². The number of carbonyl (C=O) groups is 1. The van der Waals surface area contributed by atoms with Gasteiger partial charge in [0.1, 0.15) is 5.01 Å². The van der Waals surface area contributed by atoms with Crippen molar-refractivity contribution >= 4 is 33.7 Å². The maximum Gasteiger partial charge on any atom is 0.285 e. The fourth-order valence-electron chi connectivity index (χ4n) is 0.941. The normalized spacial score (nSPS) is 10.1. The van der Waals surface area contributed by atoms with Gasteiger partial charge < -0.3 is 0 Å². The average molecular weight is 255 g/mol. The molecule has 7 heteroatoms. The SMILES string of the molecule is C=C(F)C(=O)Nc1nnc(-c2ccsc2)s1. The van der Waals surface area contributed by atoms with Gasteiger partial charge in [-0.1, -0.05) is 17.9 Å². The van der Waals surface area contributed by atoms with Gasteiger partial charge in [-0.25, -0.2) is 4.39 Å². The van der Waals surface area contributed by atoms with Crippen molar-refractivity contribution in [3.8, 4) is 10.6 Å². The molecule has 0 atom stereocenters. The topological polar surface area (TPSA) is 54.9 Å². The minimum atomic E-state index is -1.05. The Hall–Kier alpha value is -1.60. The van der Waals surface area contributed by atoms with Crippen molar-refractivity contribution in [1.29, 1.82) is 0 Å². The first-order valence-electron chi connectivity index (χ1n) is 4.18. The van der Waals surface area contributed by atoms with Crippen LogP contribution in [0.2, 0.25) is 0 Å². The second kappa shape index (κ2) is 4.50. The van der Waals surface area contributed by atoms with Gasteiger partial charge in [-0.3, -0.25) is 10.1 Å². The molecule has 82 valence electrons. The number of halogens is 1. The van der Waals surface area contributed by atoms with E-state index in [4.69, 9.17) is 0 Å². The Labute approximate surface area is 98.5 Å². The third-order valence-electron chi connectivity index (χ3n) is 1.66. The van der Waals surface area contributed by atoms with E-state index < -0.39 is 11.7 Å². The molecule has 4 nitrogen and oxygen atoms in total. The summed E-state index contributed by atoms with van der Waals surface area (Å²) in [6, 6.07) is 1.89. The standard InChI is InChI=1S/C9H6FN3OS2/c1-5(10)7(14)11-9-13-12-8(16-9)6-2-3-15-4-6/h2-4H,1H2,(H,11,13,14). The predicted molar refractivity (Wildman–Crippen MR) is 62.1 cm³/mol. The molecule has 2 aromatic rings. The van der Waals surface area contributed by atoms with Gasteiger partial charge in [-0.2, -0.15) is 11.3 Å². The lowest BCUT2D eigenvalue weighted by atomic mass is 10.4. The van der Waals surface area contributed by atoms with Crippen molar-refractivity contribution in [2.45, 2.75) is 0 Å². The smallest absolute Gasteiger partial charge is 0.285 e. The second-order valence-corrected chi connectivity index (χ2v) is 4.54. The molecule has 0 saturated carbocycles. The van der Waals surface area contributed by atoms with Crippen LogP contribution in [0.4, 0.5) is 9.52 Å². The molecular formula is C9H6FN3OS2. The van der Waals surface area contributed by atoms with Crippen LogP contribution in [0.3, 0.4) is 0 Å². The zero-order valence-electron chi connectivity index (χ0n) is 7.94. The summed E-state index contributed by atoms with van der Waals surface area (Å²) in [7, 11) is 0. The van der Waals surface area contributed by atoms with Gasteiger partial charge in [0.15, 0.2) is 5.83 Å². The summed E-state index contributed by atoms with van der Waals surface area (Å²) in [4.78, 5) is 11.0. The number of hydrogen-bond acceptors (Lipinski definition) is 5. The second-order valence-electron chi connectivity index (χ2n) is 2.78. The van der Waals surface area contributed by atoms with E-state index in [0.29, 0.717) is 5.01 Å².